The SMILES string of the molecule is CN(CC1CCNCC1)C1CCOC2(CCCC2)C1. The third-order valence-electron chi connectivity index (χ3n) is 5.61. The van der Waals surface area contributed by atoms with Crippen LogP contribution in [0.3, 0.4) is 0 Å². The summed E-state index contributed by atoms with van der Waals surface area (Å²) in [5, 5.41) is 3.47. The molecule has 2 aliphatic heterocycles. The lowest BCUT2D eigenvalue weighted by Crippen LogP contribution is -2.48. The molecule has 0 aromatic carbocycles. The van der Waals surface area contributed by atoms with Crippen LogP contribution in [0.2, 0.25) is 0 Å². The predicted molar refractivity (Wildman–Crippen MR) is 78.4 cm³/mol. The first kappa shape index (κ1) is 13.8. The minimum atomic E-state index is 0.269. The highest BCUT2D eigenvalue weighted by molar-refractivity contribution is 4.94. The van der Waals surface area contributed by atoms with Crippen molar-refractivity contribution in [3.8, 4) is 0 Å². The summed E-state index contributed by atoms with van der Waals surface area (Å²) in [6, 6.07) is 0.765. The van der Waals surface area contributed by atoms with Gasteiger partial charge in [0.05, 0.1) is 5.60 Å². The Morgan fingerprint density at radius 1 is 1.16 bits per heavy atom. The van der Waals surface area contributed by atoms with E-state index in [-0.39, 0.29) is 5.60 Å². The number of ether oxygens (including phenoxy) is 1. The molecular weight excluding hydrogens is 236 g/mol. The van der Waals surface area contributed by atoms with Crippen LogP contribution in [-0.2, 0) is 4.74 Å². The van der Waals surface area contributed by atoms with Gasteiger partial charge in [-0.05, 0) is 64.6 Å². The van der Waals surface area contributed by atoms with Crippen molar-refractivity contribution in [1.82, 2.24) is 10.2 Å². The van der Waals surface area contributed by atoms with E-state index in [1.165, 1.54) is 71.0 Å². The van der Waals surface area contributed by atoms with E-state index in [9.17, 15) is 0 Å². The van der Waals surface area contributed by atoms with Gasteiger partial charge in [-0.15, -0.1) is 0 Å². The summed E-state index contributed by atoms with van der Waals surface area (Å²) in [6.45, 7) is 4.72. The number of nitrogens with one attached hydrogen (secondary N) is 1. The monoisotopic (exact) mass is 266 g/mol. The summed E-state index contributed by atoms with van der Waals surface area (Å²) in [5.41, 5.74) is 0.269. The fraction of sp³-hybridized carbons (Fsp3) is 1.00. The summed E-state index contributed by atoms with van der Waals surface area (Å²) in [6.07, 6.45) is 10.6. The molecule has 1 N–H and O–H groups in total. The highest BCUT2D eigenvalue weighted by atomic mass is 16.5. The maximum absolute atomic E-state index is 6.16. The molecule has 0 amide bonds. The quantitative estimate of drug-likeness (QED) is 0.849. The number of rotatable bonds is 3. The molecule has 2 heterocycles. The summed E-state index contributed by atoms with van der Waals surface area (Å²) >= 11 is 0. The number of hydrogen-bond donors (Lipinski definition) is 1. The zero-order chi connectivity index (χ0) is 13.1. The fourth-order valence-corrected chi connectivity index (χ4v) is 4.37. The van der Waals surface area contributed by atoms with Crippen LogP contribution >= 0.6 is 0 Å². The Morgan fingerprint density at radius 2 is 1.89 bits per heavy atom. The minimum absolute atomic E-state index is 0.269. The van der Waals surface area contributed by atoms with Gasteiger partial charge in [0.15, 0.2) is 0 Å². The lowest BCUT2D eigenvalue weighted by atomic mass is 9.87. The molecule has 3 aliphatic rings. The molecule has 3 rings (SSSR count). The average Bonchev–Trinajstić information content (AvgIpc) is 2.88. The third kappa shape index (κ3) is 3.32. The molecule has 2 saturated heterocycles. The first-order valence-electron chi connectivity index (χ1n) is 8.32. The second kappa shape index (κ2) is 6.11. The van der Waals surface area contributed by atoms with E-state index >= 15 is 0 Å². The highest BCUT2D eigenvalue weighted by Crippen LogP contribution is 2.41. The summed E-state index contributed by atoms with van der Waals surface area (Å²) < 4.78 is 6.16. The lowest BCUT2D eigenvalue weighted by Gasteiger charge is -2.43. The van der Waals surface area contributed by atoms with E-state index < -0.39 is 0 Å². The van der Waals surface area contributed by atoms with Gasteiger partial charge in [-0.1, -0.05) is 12.8 Å². The van der Waals surface area contributed by atoms with Gasteiger partial charge in [-0.3, -0.25) is 0 Å². The second-order valence-electron chi connectivity index (χ2n) is 7.02. The normalized spacial score (nSPS) is 32.2. The van der Waals surface area contributed by atoms with Crippen LogP contribution in [0.15, 0.2) is 0 Å². The standard InChI is InChI=1S/C16H30N2O/c1-18(13-14-4-9-17-10-5-14)15-6-11-19-16(12-15)7-2-3-8-16/h14-15,17H,2-13H2,1H3. The van der Waals surface area contributed by atoms with E-state index in [1.807, 2.05) is 0 Å². The zero-order valence-corrected chi connectivity index (χ0v) is 12.5. The van der Waals surface area contributed by atoms with Gasteiger partial charge in [0, 0.05) is 19.2 Å². The molecule has 1 aliphatic carbocycles. The first-order chi connectivity index (χ1) is 9.27. The molecule has 0 aromatic heterocycles. The Bertz CT molecular complexity index is 282. The van der Waals surface area contributed by atoms with E-state index in [0.29, 0.717) is 0 Å². The van der Waals surface area contributed by atoms with Crippen molar-refractivity contribution >= 4 is 0 Å². The Labute approximate surface area is 118 Å². The van der Waals surface area contributed by atoms with Crippen LogP contribution in [0, 0.1) is 5.92 Å². The fourth-order valence-electron chi connectivity index (χ4n) is 4.37. The molecule has 1 spiro atoms. The van der Waals surface area contributed by atoms with E-state index in [1.54, 1.807) is 0 Å². The molecule has 110 valence electrons. The molecule has 3 heteroatoms. The van der Waals surface area contributed by atoms with Gasteiger partial charge >= 0.3 is 0 Å². The maximum atomic E-state index is 6.16. The smallest absolute Gasteiger partial charge is 0.0697 e. The first-order valence-corrected chi connectivity index (χ1v) is 8.32. The molecule has 1 atom stereocenters. The maximum Gasteiger partial charge on any atom is 0.0697 e. The number of hydrogen-bond acceptors (Lipinski definition) is 3. The minimum Gasteiger partial charge on any atom is -0.375 e. The van der Waals surface area contributed by atoms with Crippen molar-refractivity contribution < 1.29 is 4.74 Å². The van der Waals surface area contributed by atoms with Crippen molar-refractivity contribution in [3.05, 3.63) is 0 Å². The van der Waals surface area contributed by atoms with Gasteiger partial charge in [-0.2, -0.15) is 0 Å². The van der Waals surface area contributed by atoms with Gasteiger partial charge < -0.3 is 15.0 Å². The molecule has 1 saturated carbocycles. The molecular formula is C16H30N2O. The van der Waals surface area contributed by atoms with E-state index in [0.717, 1.165) is 18.6 Å². The van der Waals surface area contributed by atoms with Gasteiger partial charge in [0.2, 0.25) is 0 Å². The lowest BCUT2D eigenvalue weighted by molar-refractivity contribution is -0.100. The zero-order valence-electron chi connectivity index (χ0n) is 12.5. The molecule has 1 unspecified atom stereocenters. The van der Waals surface area contributed by atoms with Crippen LogP contribution in [0.5, 0.6) is 0 Å². The molecule has 3 fully saturated rings. The molecule has 19 heavy (non-hydrogen) atoms. The Kier molecular flexibility index (Phi) is 4.45. The number of nitrogens with zero attached hydrogens (tertiary/aromatic N) is 1. The average molecular weight is 266 g/mol. The van der Waals surface area contributed by atoms with Gasteiger partial charge in [0.1, 0.15) is 0 Å². The second-order valence-corrected chi connectivity index (χ2v) is 7.02. The Balaban J connectivity index is 1.52. The van der Waals surface area contributed by atoms with Crippen molar-refractivity contribution in [1.29, 1.82) is 0 Å². The van der Waals surface area contributed by atoms with Gasteiger partial charge in [0.25, 0.3) is 0 Å². The molecule has 0 bridgehead atoms. The van der Waals surface area contributed by atoms with Crippen molar-refractivity contribution in [2.45, 2.75) is 63.0 Å². The van der Waals surface area contributed by atoms with E-state index in [2.05, 4.69) is 17.3 Å². The van der Waals surface area contributed by atoms with Crippen LogP contribution < -0.4 is 5.32 Å². The third-order valence-corrected chi connectivity index (χ3v) is 5.61. The largest absolute Gasteiger partial charge is 0.375 e. The van der Waals surface area contributed by atoms with E-state index in [4.69, 9.17) is 4.74 Å². The molecule has 3 nitrogen and oxygen atoms in total. The predicted octanol–water partition coefficient (Wildman–Crippen LogP) is 2.41. The summed E-state index contributed by atoms with van der Waals surface area (Å²) in [5.74, 6) is 0.911. The Morgan fingerprint density at radius 3 is 2.63 bits per heavy atom. The van der Waals surface area contributed by atoms with Crippen LogP contribution in [0.1, 0.15) is 51.4 Å². The topological polar surface area (TPSA) is 24.5 Å². The summed E-state index contributed by atoms with van der Waals surface area (Å²) in [7, 11) is 2.35. The highest BCUT2D eigenvalue weighted by Gasteiger charge is 2.41. The van der Waals surface area contributed by atoms with Crippen LogP contribution in [0.25, 0.3) is 0 Å². The Hall–Kier alpha value is -0.120. The van der Waals surface area contributed by atoms with Crippen LogP contribution in [-0.4, -0.2) is 49.8 Å². The van der Waals surface area contributed by atoms with Gasteiger partial charge in [-0.25, -0.2) is 0 Å². The number of piperidine rings is 1. The van der Waals surface area contributed by atoms with Crippen molar-refractivity contribution in [2.24, 2.45) is 5.92 Å². The van der Waals surface area contributed by atoms with Crippen LogP contribution in [0.4, 0.5) is 0 Å². The molecule has 0 aromatic rings. The van der Waals surface area contributed by atoms with Crippen molar-refractivity contribution in [3.63, 3.8) is 0 Å². The summed E-state index contributed by atoms with van der Waals surface area (Å²) in [4.78, 5) is 2.65. The van der Waals surface area contributed by atoms with Crippen molar-refractivity contribution in [2.75, 3.05) is 33.3 Å². The molecule has 0 radical (unpaired) electrons.